The second kappa shape index (κ2) is 11.9. The molecule has 2 amide bonds. The number of aliphatic carboxylic acids is 1. The Balaban J connectivity index is 1.36. The van der Waals surface area contributed by atoms with E-state index in [0.717, 1.165) is 22.3 Å². The number of carboxylic acid groups (broad SMARTS) is 1. The fourth-order valence-corrected chi connectivity index (χ4v) is 4.48. The van der Waals surface area contributed by atoms with Gasteiger partial charge in [-0.1, -0.05) is 47.6 Å². The van der Waals surface area contributed by atoms with Gasteiger partial charge in [0.25, 0.3) is 11.8 Å². The van der Waals surface area contributed by atoms with Gasteiger partial charge in [0, 0.05) is 10.6 Å². The molecule has 0 bridgehead atoms. The molecule has 1 aliphatic heterocycles. The number of halogens is 1. The molecule has 0 radical (unpaired) electrons. The molecular formula is C26H19ClN2O6S2. The lowest BCUT2D eigenvalue weighted by Gasteiger charge is -2.15. The smallest absolute Gasteiger partial charge is 0.341 e. The van der Waals surface area contributed by atoms with Crippen LogP contribution in [0.25, 0.3) is 6.08 Å². The summed E-state index contributed by atoms with van der Waals surface area (Å²) in [6, 6.07) is 20.4. The van der Waals surface area contributed by atoms with Crippen LogP contribution >= 0.6 is 35.6 Å². The summed E-state index contributed by atoms with van der Waals surface area (Å²) in [7, 11) is 0. The molecule has 0 aromatic heterocycles. The maximum Gasteiger partial charge on any atom is 0.341 e. The van der Waals surface area contributed by atoms with Gasteiger partial charge in [0.1, 0.15) is 18.1 Å². The Morgan fingerprint density at radius 1 is 1.03 bits per heavy atom. The highest BCUT2D eigenvalue weighted by Crippen LogP contribution is 2.32. The van der Waals surface area contributed by atoms with Crippen molar-refractivity contribution in [1.82, 2.24) is 10.4 Å². The quantitative estimate of drug-likeness (QED) is 0.283. The summed E-state index contributed by atoms with van der Waals surface area (Å²) in [5, 5.41) is 10.4. The van der Waals surface area contributed by atoms with Crippen LogP contribution < -0.4 is 14.9 Å². The summed E-state index contributed by atoms with van der Waals surface area (Å²) in [5.74, 6) is -1.16. The summed E-state index contributed by atoms with van der Waals surface area (Å²) in [6.07, 6.45) is 1.59. The molecule has 0 atom stereocenters. The highest BCUT2D eigenvalue weighted by molar-refractivity contribution is 8.26. The average Bonchev–Trinajstić information content (AvgIpc) is 3.15. The predicted molar refractivity (Wildman–Crippen MR) is 144 cm³/mol. The maximum absolute atomic E-state index is 12.9. The van der Waals surface area contributed by atoms with Crippen molar-refractivity contribution in [1.29, 1.82) is 0 Å². The number of hydrogen-bond donors (Lipinski definition) is 2. The van der Waals surface area contributed by atoms with Crippen molar-refractivity contribution in [2.45, 2.75) is 6.61 Å². The fourth-order valence-electron chi connectivity index (χ4n) is 3.17. The van der Waals surface area contributed by atoms with E-state index in [9.17, 15) is 14.4 Å². The molecule has 1 saturated heterocycles. The lowest BCUT2D eigenvalue weighted by molar-refractivity contribution is -0.139. The highest BCUT2D eigenvalue weighted by atomic mass is 35.5. The Kier molecular flexibility index (Phi) is 8.44. The largest absolute Gasteiger partial charge is 0.489 e. The van der Waals surface area contributed by atoms with E-state index in [1.54, 1.807) is 66.7 Å². The molecule has 188 valence electrons. The van der Waals surface area contributed by atoms with Crippen LogP contribution in [0.1, 0.15) is 21.5 Å². The summed E-state index contributed by atoms with van der Waals surface area (Å²) >= 11 is 12.2. The number of hydrogen-bond acceptors (Lipinski definition) is 7. The zero-order valence-corrected chi connectivity index (χ0v) is 21.4. The number of carbonyl (C=O) groups is 3. The number of ether oxygens (including phenoxy) is 2. The van der Waals surface area contributed by atoms with E-state index in [1.807, 2.05) is 12.1 Å². The molecule has 2 N–H and O–H groups in total. The number of thioether (sulfide) groups is 1. The zero-order valence-electron chi connectivity index (χ0n) is 19.0. The number of thiocarbonyl (C=S) groups is 1. The summed E-state index contributed by atoms with van der Waals surface area (Å²) < 4.78 is 11.1. The van der Waals surface area contributed by atoms with E-state index in [1.165, 1.54) is 0 Å². The summed E-state index contributed by atoms with van der Waals surface area (Å²) in [6.45, 7) is -0.132. The first kappa shape index (κ1) is 26.2. The van der Waals surface area contributed by atoms with Crippen LogP contribution in [-0.2, 0) is 16.2 Å². The second-order valence-corrected chi connectivity index (χ2v) is 9.76. The molecule has 37 heavy (non-hydrogen) atoms. The number of nitrogens with one attached hydrogen (secondary N) is 1. The van der Waals surface area contributed by atoms with Crippen molar-refractivity contribution in [3.8, 4) is 11.5 Å². The van der Waals surface area contributed by atoms with Gasteiger partial charge < -0.3 is 14.6 Å². The molecule has 3 aromatic rings. The van der Waals surface area contributed by atoms with Gasteiger partial charge in [0.15, 0.2) is 10.9 Å². The van der Waals surface area contributed by atoms with Crippen LogP contribution in [0.3, 0.4) is 0 Å². The lowest BCUT2D eigenvalue weighted by Crippen LogP contribution is -2.44. The number of benzene rings is 3. The van der Waals surface area contributed by atoms with Crippen molar-refractivity contribution in [2.24, 2.45) is 0 Å². The lowest BCUT2D eigenvalue weighted by atomic mass is 10.2. The van der Waals surface area contributed by atoms with Crippen molar-refractivity contribution < 1.29 is 29.0 Å². The third kappa shape index (κ3) is 7.10. The van der Waals surface area contributed by atoms with Gasteiger partial charge >= 0.3 is 5.97 Å². The average molecular weight is 555 g/mol. The molecule has 11 heteroatoms. The van der Waals surface area contributed by atoms with Crippen molar-refractivity contribution >= 4 is 63.8 Å². The SMILES string of the molecule is O=C(O)COc1cccc(/C=C2/SC(=S)N(NC(=O)c3ccc(OCc4ccc(Cl)cc4)cc3)C2=O)c1. The Morgan fingerprint density at radius 2 is 1.76 bits per heavy atom. The molecule has 1 fully saturated rings. The molecule has 0 aliphatic carbocycles. The first-order chi connectivity index (χ1) is 17.8. The Labute approximate surface area is 226 Å². The fraction of sp³-hybridized carbons (Fsp3) is 0.0769. The van der Waals surface area contributed by atoms with Crippen LogP contribution in [0.2, 0.25) is 5.02 Å². The van der Waals surface area contributed by atoms with E-state index in [-0.39, 0.29) is 4.32 Å². The monoisotopic (exact) mass is 554 g/mol. The number of carbonyl (C=O) groups excluding carboxylic acids is 2. The predicted octanol–water partition coefficient (Wildman–Crippen LogP) is 4.93. The van der Waals surface area contributed by atoms with E-state index in [4.69, 9.17) is 38.4 Å². The number of nitrogens with zero attached hydrogens (tertiary/aromatic N) is 1. The van der Waals surface area contributed by atoms with E-state index in [2.05, 4.69) is 5.43 Å². The summed E-state index contributed by atoms with van der Waals surface area (Å²) in [4.78, 5) is 36.6. The number of amides is 2. The standard InChI is InChI=1S/C26H19ClN2O6S2/c27-19-8-4-16(5-9-19)14-34-20-10-6-18(7-11-20)24(32)28-29-25(33)22(37-26(29)36)13-17-2-1-3-21(12-17)35-15-23(30)31/h1-13H,14-15H2,(H,28,32)(H,30,31)/b22-13+. The maximum atomic E-state index is 12.9. The molecule has 8 nitrogen and oxygen atoms in total. The molecule has 3 aromatic carbocycles. The van der Waals surface area contributed by atoms with Gasteiger partial charge in [0.2, 0.25) is 0 Å². The van der Waals surface area contributed by atoms with Crippen LogP contribution in [0.4, 0.5) is 0 Å². The Hall–Kier alpha value is -3.86. The molecule has 1 aliphatic rings. The van der Waals surface area contributed by atoms with Gasteiger partial charge in [0.05, 0.1) is 4.91 Å². The molecule has 4 rings (SSSR count). The third-order valence-corrected chi connectivity index (χ3v) is 6.51. The Bertz CT molecular complexity index is 1380. The molecule has 0 saturated carbocycles. The molecule has 1 heterocycles. The number of hydrazine groups is 1. The van der Waals surface area contributed by atoms with Gasteiger partial charge in [-0.2, -0.15) is 5.01 Å². The number of rotatable bonds is 9. The molecule has 0 spiro atoms. The van der Waals surface area contributed by atoms with Crippen LogP contribution in [-0.4, -0.2) is 38.8 Å². The normalized spacial score (nSPS) is 14.1. The molecule has 0 unspecified atom stereocenters. The minimum absolute atomic E-state index is 0.172. The van der Waals surface area contributed by atoms with Crippen molar-refractivity contribution in [3.63, 3.8) is 0 Å². The summed E-state index contributed by atoms with van der Waals surface area (Å²) in [5.41, 5.74) is 4.42. The van der Waals surface area contributed by atoms with Crippen molar-refractivity contribution in [3.05, 3.63) is 99.4 Å². The van der Waals surface area contributed by atoms with Gasteiger partial charge in [-0.15, -0.1) is 0 Å². The first-order valence-corrected chi connectivity index (χ1v) is 12.4. The Morgan fingerprint density at radius 3 is 2.46 bits per heavy atom. The third-order valence-electron chi connectivity index (χ3n) is 4.96. The topological polar surface area (TPSA) is 105 Å². The van der Waals surface area contributed by atoms with Gasteiger partial charge in [-0.25, -0.2) is 4.79 Å². The van der Waals surface area contributed by atoms with Crippen molar-refractivity contribution in [2.75, 3.05) is 6.61 Å². The van der Waals surface area contributed by atoms with E-state index < -0.39 is 24.4 Å². The van der Waals surface area contributed by atoms with Crippen LogP contribution in [0, 0.1) is 0 Å². The minimum Gasteiger partial charge on any atom is -0.489 e. The van der Waals surface area contributed by atoms with E-state index in [0.29, 0.717) is 39.2 Å². The van der Waals surface area contributed by atoms with Crippen LogP contribution in [0.15, 0.2) is 77.7 Å². The minimum atomic E-state index is -1.10. The molecular weight excluding hydrogens is 536 g/mol. The first-order valence-electron chi connectivity index (χ1n) is 10.8. The number of carboxylic acids is 1. The second-order valence-electron chi connectivity index (χ2n) is 7.65. The van der Waals surface area contributed by atoms with E-state index >= 15 is 0 Å². The van der Waals surface area contributed by atoms with Gasteiger partial charge in [-0.05, 0) is 78.0 Å². The highest BCUT2D eigenvalue weighted by Gasteiger charge is 2.33. The van der Waals surface area contributed by atoms with Gasteiger partial charge in [-0.3, -0.25) is 15.0 Å². The van der Waals surface area contributed by atoms with Crippen LogP contribution in [0.5, 0.6) is 11.5 Å². The zero-order chi connectivity index (χ0) is 26.4.